The summed E-state index contributed by atoms with van der Waals surface area (Å²) in [5.74, 6) is -1.08. The lowest BCUT2D eigenvalue weighted by Gasteiger charge is -2.25. The summed E-state index contributed by atoms with van der Waals surface area (Å²) in [4.78, 5) is 22.4. The SMILES string of the molecule is CC(C)(CCC(=O)O)NC(=O)c1ccc(O)cc1. The molecule has 0 spiro atoms. The van der Waals surface area contributed by atoms with E-state index >= 15 is 0 Å². The van der Waals surface area contributed by atoms with Crippen molar-refractivity contribution in [1.29, 1.82) is 0 Å². The minimum Gasteiger partial charge on any atom is -0.508 e. The minimum atomic E-state index is -0.887. The summed E-state index contributed by atoms with van der Waals surface area (Å²) in [5, 5.41) is 20.5. The normalized spacial score (nSPS) is 11.0. The lowest BCUT2D eigenvalue weighted by molar-refractivity contribution is -0.137. The van der Waals surface area contributed by atoms with Crippen LogP contribution in [0.2, 0.25) is 0 Å². The van der Waals surface area contributed by atoms with Crippen LogP contribution in [0.1, 0.15) is 37.0 Å². The maximum atomic E-state index is 11.9. The van der Waals surface area contributed by atoms with Gasteiger partial charge in [-0.25, -0.2) is 0 Å². The van der Waals surface area contributed by atoms with E-state index in [0.29, 0.717) is 12.0 Å². The van der Waals surface area contributed by atoms with E-state index in [1.807, 2.05) is 0 Å². The Bertz CT molecular complexity index is 437. The molecule has 0 heterocycles. The lowest BCUT2D eigenvalue weighted by Crippen LogP contribution is -2.43. The first-order valence-electron chi connectivity index (χ1n) is 5.63. The van der Waals surface area contributed by atoms with E-state index in [-0.39, 0.29) is 18.1 Å². The Morgan fingerprint density at radius 2 is 1.78 bits per heavy atom. The Kier molecular flexibility index (Phi) is 4.31. The first-order chi connectivity index (χ1) is 8.30. The molecule has 3 N–H and O–H groups in total. The van der Waals surface area contributed by atoms with Crippen molar-refractivity contribution in [2.24, 2.45) is 0 Å². The van der Waals surface area contributed by atoms with Crippen LogP contribution in [0.3, 0.4) is 0 Å². The van der Waals surface area contributed by atoms with Crippen LogP contribution >= 0.6 is 0 Å². The summed E-state index contributed by atoms with van der Waals surface area (Å²) in [6.07, 6.45) is 0.356. The Balaban J connectivity index is 2.63. The molecule has 0 fully saturated rings. The Morgan fingerprint density at radius 3 is 2.28 bits per heavy atom. The van der Waals surface area contributed by atoms with Gasteiger partial charge in [-0.3, -0.25) is 9.59 Å². The number of aliphatic carboxylic acids is 1. The molecule has 1 aromatic carbocycles. The summed E-state index contributed by atoms with van der Waals surface area (Å²) < 4.78 is 0. The average molecular weight is 251 g/mol. The van der Waals surface area contributed by atoms with Crippen LogP contribution < -0.4 is 5.32 Å². The van der Waals surface area contributed by atoms with Gasteiger partial charge in [0, 0.05) is 17.5 Å². The van der Waals surface area contributed by atoms with Crippen molar-refractivity contribution in [3.63, 3.8) is 0 Å². The number of amides is 1. The Morgan fingerprint density at radius 1 is 1.22 bits per heavy atom. The van der Waals surface area contributed by atoms with Crippen molar-refractivity contribution in [2.75, 3.05) is 0 Å². The summed E-state index contributed by atoms with van der Waals surface area (Å²) in [6, 6.07) is 5.88. The number of rotatable bonds is 5. The molecule has 0 saturated carbocycles. The fourth-order valence-corrected chi connectivity index (χ4v) is 1.47. The van der Waals surface area contributed by atoms with E-state index in [1.165, 1.54) is 24.3 Å². The molecule has 0 radical (unpaired) electrons. The highest BCUT2D eigenvalue weighted by atomic mass is 16.4. The highest BCUT2D eigenvalue weighted by Gasteiger charge is 2.22. The number of carbonyl (C=O) groups excluding carboxylic acids is 1. The quantitative estimate of drug-likeness (QED) is 0.744. The van der Waals surface area contributed by atoms with Crippen LogP contribution in [0.25, 0.3) is 0 Å². The predicted molar refractivity (Wildman–Crippen MR) is 66.5 cm³/mol. The van der Waals surface area contributed by atoms with Gasteiger partial charge in [-0.05, 0) is 44.5 Å². The van der Waals surface area contributed by atoms with Gasteiger partial charge < -0.3 is 15.5 Å². The van der Waals surface area contributed by atoms with Crippen LogP contribution in [-0.4, -0.2) is 27.6 Å². The molecule has 0 bridgehead atoms. The van der Waals surface area contributed by atoms with E-state index in [9.17, 15) is 9.59 Å². The van der Waals surface area contributed by atoms with E-state index in [2.05, 4.69) is 5.32 Å². The van der Waals surface area contributed by atoms with Crippen molar-refractivity contribution in [3.05, 3.63) is 29.8 Å². The van der Waals surface area contributed by atoms with E-state index in [0.717, 1.165) is 0 Å². The molecule has 0 atom stereocenters. The van der Waals surface area contributed by atoms with Gasteiger partial charge in [0.05, 0.1) is 0 Å². The lowest BCUT2D eigenvalue weighted by atomic mass is 9.98. The second-order valence-corrected chi connectivity index (χ2v) is 4.78. The van der Waals surface area contributed by atoms with Gasteiger partial charge in [0.2, 0.25) is 0 Å². The standard InChI is InChI=1S/C13H17NO4/c1-13(2,8-7-11(16)17)14-12(18)9-3-5-10(15)6-4-9/h3-6,15H,7-8H2,1-2H3,(H,14,18)(H,16,17). The van der Waals surface area contributed by atoms with Crippen LogP contribution in [0.15, 0.2) is 24.3 Å². The largest absolute Gasteiger partial charge is 0.508 e. The summed E-state index contributed by atoms with van der Waals surface area (Å²) in [7, 11) is 0. The highest BCUT2D eigenvalue weighted by Crippen LogP contribution is 2.14. The van der Waals surface area contributed by atoms with Crippen molar-refractivity contribution in [2.45, 2.75) is 32.2 Å². The fraction of sp³-hybridized carbons (Fsp3) is 0.385. The number of phenols is 1. The second kappa shape index (κ2) is 5.53. The Labute approximate surface area is 105 Å². The zero-order chi connectivity index (χ0) is 13.8. The van der Waals surface area contributed by atoms with Gasteiger partial charge in [-0.15, -0.1) is 0 Å². The van der Waals surface area contributed by atoms with E-state index in [4.69, 9.17) is 10.2 Å². The number of carbonyl (C=O) groups is 2. The first-order valence-corrected chi connectivity index (χ1v) is 5.63. The fourth-order valence-electron chi connectivity index (χ4n) is 1.47. The number of phenolic OH excluding ortho intramolecular Hbond substituents is 1. The molecule has 18 heavy (non-hydrogen) atoms. The van der Waals surface area contributed by atoms with Crippen molar-refractivity contribution in [1.82, 2.24) is 5.32 Å². The molecule has 5 nitrogen and oxygen atoms in total. The third-order valence-corrected chi connectivity index (χ3v) is 2.55. The molecule has 98 valence electrons. The molecule has 0 aliphatic carbocycles. The smallest absolute Gasteiger partial charge is 0.303 e. The van der Waals surface area contributed by atoms with Crippen LogP contribution in [0, 0.1) is 0 Å². The topological polar surface area (TPSA) is 86.6 Å². The zero-order valence-corrected chi connectivity index (χ0v) is 10.4. The summed E-state index contributed by atoms with van der Waals surface area (Å²) in [5.41, 5.74) is -0.163. The van der Waals surface area contributed by atoms with Crippen molar-refractivity contribution in [3.8, 4) is 5.75 Å². The zero-order valence-electron chi connectivity index (χ0n) is 10.4. The van der Waals surface area contributed by atoms with E-state index < -0.39 is 11.5 Å². The molecule has 1 rings (SSSR count). The number of carboxylic acids is 1. The van der Waals surface area contributed by atoms with Crippen LogP contribution in [0.4, 0.5) is 0 Å². The molecule has 1 aromatic rings. The molecule has 5 heteroatoms. The Hall–Kier alpha value is -2.04. The van der Waals surface area contributed by atoms with E-state index in [1.54, 1.807) is 13.8 Å². The summed E-state index contributed by atoms with van der Waals surface area (Å²) >= 11 is 0. The number of hydrogen-bond donors (Lipinski definition) is 3. The van der Waals surface area contributed by atoms with Crippen LogP contribution in [0.5, 0.6) is 5.75 Å². The molecular weight excluding hydrogens is 234 g/mol. The molecule has 0 aromatic heterocycles. The van der Waals surface area contributed by atoms with Gasteiger partial charge in [-0.1, -0.05) is 0 Å². The number of aromatic hydroxyl groups is 1. The number of hydrogen-bond acceptors (Lipinski definition) is 3. The first kappa shape index (κ1) is 14.0. The second-order valence-electron chi connectivity index (χ2n) is 4.78. The van der Waals surface area contributed by atoms with Gasteiger partial charge in [-0.2, -0.15) is 0 Å². The van der Waals surface area contributed by atoms with Crippen LogP contribution in [-0.2, 0) is 4.79 Å². The maximum Gasteiger partial charge on any atom is 0.303 e. The van der Waals surface area contributed by atoms with Crippen molar-refractivity contribution >= 4 is 11.9 Å². The maximum absolute atomic E-state index is 11.9. The van der Waals surface area contributed by atoms with Gasteiger partial charge in [0.25, 0.3) is 5.91 Å². The minimum absolute atomic E-state index is 0.00284. The molecule has 1 amide bonds. The molecule has 0 aliphatic rings. The monoisotopic (exact) mass is 251 g/mol. The third kappa shape index (κ3) is 4.45. The summed E-state index contributed by atoms with van der Waals surface area (Å²) in [6.45, 7) is 3.54. The van der Waals surface area contributed by atoms with Crippen molar-refractivity contribution < 1.29 is 19.8 Å². The van der Waals surface area contributed by atoms with Gasteiger partial charge >= 0.3 is 5.97 Å². The molecular formula is C13H17NO4. The third-order valence-electron chi connectivity index (χ3n) is 2.55. The van der Waals surface area contributed by atoms with Gasteiger partial charge in [0.15, 0.2) is 0 Å². The number of carboxylic acid groups (broad SMARTS) is 1. The average Bonchev–Trinajstić information content (AvgIpc) is 2.27. The van der Waals surface area contributed by atoms with Gasteiger partial charge in [0.1, 0.15) is 5.75 Å². The molecule has 0 saturated heterocycles. The molecule has 0 aliphatic heterocycles. The highest BCUT2D eigenvalue weighted by molar-refractivity contribution is 5.94. The number of nitrogens with one attached hydrogen (secondary N) is 1. The predicted octanol–water partition coefficient (Wildman–Crippen LogP) is 1.77. The number of benzene rings is 1. The molecule has 0 unspecified atom stereocenters.